The zero-order valence-electron chi connectivity index (χ0n) is 12.0. The van der Waals surface area contributed by atoms with Crippen LogP contribution in [0.25, 0.3) is 10.9 Å². The molecule has 2 unspecified atom stereocenters. The molecule has 106 valence electrons. The van der Waals surface area contributed by atoms with Crippen LogP contribution in [0.3, 0.4) is 0 Å². The Labute approximate surface area is 124 Å². The molecule has 0 radical (unpaired) electrons. The summed E-state index contributed by atoms with van der Waals surface area (Å²) in [7, 11) is 0. The van der Waals surface area contributed by atoms with Crippen molar-refractivity contribution in [1.82, 2.24) is 9.97 Å². The number of hydrogen-bond donors (Lipinski definition) is 1. The lowest BCUT2D eigenvalue weighted by atomic mass is 9.73. The smallest absolute Gasteiger partial charge is 0.117 e. The van der Waals surface area contributed by atoms with Gasteiger partial charge < -0.3 is 5.73 Å². The van der Waals surface area contributed by atoms with Gasteiger partial charge in [-0.25, -0.2) is 9.97 Å². The van der Waals surface area contributed by atoms with E-state index >= 15 is 0 Å². The van der Waals surface area contributed by atoms with E-state index < -0.39 is 0 Å². The SMILES string of the molecule is CC1(C)CCCC(Sc2ncnc3ccccc23)C1N. The fraction of sp³-hybridized carbons (Fsp3) is 0.500. The minimum absolute atomic E-state index is 0.218. The molecule has 2 atom stereocenters. The van der Waals surface area contributed by atoms with E-state index in [0.717, 1.165) is 15.9 Å². The molecular formula is C16H21N3S. The highest BCUT2D eigenvalue weighted by atomic mass is 32.2. The van der Waals surface area contributed by atoms with Crippen LogP contribution in [0.4, 0.5) is 0 Å². The molecule has 4 heteroatoms. The zero-order valence-corrected chi connectivity index (χ0v) is 12.9. The van der Waals surface area contributed by atoms with Gasteiger partial charge in [-0.3, -0.25) is 0 Å². The molecule has 2 aromatic rings. The Morgan fingerprint density at radius 1 is 1.25 bits per heavy atom. The van der Waals surface area contributed by atoms with Gasteiger partial charge in [0.1, 0.15) is 11.4 Å². The lowest BCUT2D eigenvalue weighted by Gasteiger charge is -2.41. The summed E-state index contributed by atoms with van der Waals surface area (Å²) in [6.07, 6.45) is 5.30. The molecule has 2 N–H and O–H groups in total. The molecule has 3 nitrogen and oxygen atoms in total. The molecule has 1 fully saturated rings. The van der Waals surface area contributed by atoms with E-state index in [0.29, 0.717) is 5.25 Å². The van der Waals surface area contributed by atoms with Crippen LogP contribution in [0.15, 0.2) is 35.6 Å². The predicted molar refractivity (Wildman–Crippen MR) is 84.8 cm³/mol. The van der Waals surface area contributed by atoms with Crippen LogP contribution in [-0.4, -0.2) is 21.3 Å². The lowest BCUT2D eigenvalue weighted by Crippen LogP contribution is -2.48. The highest BCUT2D eigenvalue weighted by Gasteiger charge is 2.37. The molecule has 0 spiro atoms. The molecule has 1 aliphatic carbocycles. The third-order valence-corrected chi connectivity index (χ3v) is 5.76. The van der Waals surface area contributed by atoms with Crippen molar-refractivity contribution in [1.29, 1.82) is 0 Å². The standard InChI is InChI=1S/C16H21N3S/c1-16(2)9-5-8-13(14(16)17)20-15-11-6-3-4-7-12(11)18-10-19-15/h3-4,6-7,10,13-14H,5,8-9,17H2,1-2H3. The molecular weight excluding hydrogens is 266 g/mol. The molecule has 1 aromatic carbocycles. The molecule has 3 rings (SSSR count). The van der Waals surface area contributed by atoms with Crippen molar-refractivity contribution in [3.05, 3.63) is 30.6 Å². The Hall–Kier alpha value is -1.13. The summed E-state index contributed by atoms with van der Waals surface area (Å²) in [4.78, 5) is 8.81. The summed E-state index contributed by atoms with van der Waals surface area (Å²) >= 11 is 1.83. The van der Waals surface area contributed by atoms with Gasteiger partial charge in [-0.2, -0.15) is 0 Å². The summed E-state index contributed by atoms with van der Waals surface area (Å²) in [5.41, 5.74) is 7.71. The van der Waals surface area contributed by atoms with Crippen LogP contribution < -0.4 is 5.73 Å². The summed E-state index contributed by atoms with van der Waals surface area (Å²) in [5, 5.41) is 2.64. The van der Waals surface area contributed by atoms with Gasteiger partial charge in [-0.15, -0.1) is 11.8 Å². The number of para-hydroxylation sites is 1. The van der Waals surface area contributed by atoms with Crippen molar-refractivity contribution in [3.8, 4) is 0 Å². The molecule has 1 heterocycles. The number of thioether (sulfide) groups is 1. The van der Waals surface area contributed by atoms with Crippen molar-refractivity contribution in [3.63, 3.8) is 0 Å². The van der Waals surface area contributed by atoms with E-state index in [1.54, 1.807) is 6.33 Å². The average Bonchev–Trinajstić information content (AvgIpc) is 2.44. The van der Waals surface area contributed by atoms with Crippen molar-refractivity contribution < 1.29 is 0 Å². The predicted octanol–water partition coefficient (Wildman–Crippen LogP) is 3.63. The fourth-order valence-electron chi connectivity index (χ4n) is 2.96. The zero-order chi connectivity index (χ0) is 14.2. The van der Waals surface area contributed by atoms with Gasteiger partial charge in [0, 0.05) is 16.7 Å². The fourth-order valence-corrected chi connectivity index (χ4v) is 4.45. The summed E-state index contributed by atoms with van der Waals surface area (Å²) in [6, 6.07) is 8.40. The summed E-state index contributed by atoms with van der Waals surface area (Å²) < 4.78 is 0. The minimum atomic E-state index is 0.218. The Bertz CT molecular complexity index is 606. The quantitative estimate of drug-likeness (QED) is 0.857. The number of aromatic nitrogens is 2. The van der Waals surface area contributed by atoms with Gasteiger partial charge in [-0.1, -0.05) is 38.5 Å². The van der Waals surface area contributed by atoms with Crippen molar-refractivity contribution in [2.24, 2.45) is 11.1 Å². The Balaban J connectivity index is 1.90. The van der Waals surface area contributed by atoms with E-state index in [-0.39, 0.29) is 11.5 Å². The van der Waals surface area contributed by atoms with Crippen LogP contribution in [0.1, 0.15) is 33.1 Å². The lowest BCUT2D eigenvalue weighted by molar-refractivity contribution is 0.208. The second-order valence-electron chi connectivity index (χ2n) is 6.26. The average molecular weight is 287 g/mol. The van der Waals surface area contributed by atoms with Gasteiger partial charge in [0.25, 0.3) is 0 Å². The van der Waals surface area contributed by atoms with Crippen LogP contribution >= 0.6 is 11.8 Å². The Morgan fingerprint density at radius 2 is 2.05 bits per heavy atom. The van der Waals surface area contributed by atoms with E-state index in [1.165, 1.54) is 19.3 Å². The van der Waals surface area contributed by atoms with Crippen molar-refractivity contribution >= 4 is 22.7 Å². The first kappa shape index (κ1) is 13.8. The maximum Gasteiger partial charge on any atom is 0.117 e. The maximum absolute atomic E-state index is 6.48. The van der Waals surface area contributed by atoms with Gasteiger partial charge >= 0.3 is 0 Å². The Morgan fingerprint density at radius 3 is 2.90 bits per heavy atom. The minimum Gasteiger partial charge on any atom is -0.326 e. The van der Waals surface area contributed by atoms with Crippen LogP contribution in [0.5, 0.6) is 0 Å². The number of benzene rings is 1. The molecule has 1 saturated carbocycles. The van der Waals surface area contributed by atoms with Gasteiger partial charge in [-0.05, 0) is 24.3 Å². The number of nitrogens with two attached hydrogens (primary N) is 1. The molecule has 0 aliphatic heterocycles. The number of fused-ring (bicyclic) bond motifs is 1. The first-order valence-electron chi connectivity index (χ1n) is 7.20. The number of hydrogen-bond acceptors (Lipinski definition) is 4. The van der Waals surface area contributed by atoms with E-state index in [9.17, 15) is 0 Å². The van der Waals surface area contributed by atoms with Crippen LogP contribution in [-0.2, 0) is 0 Å². The van der Waals surface area contributed by atoms with E-state index in [2.05, 4.69) is 29.9 Å². The largest absolute Gasteiger partial charge is 0.326 e. The van der Waals surface area contributed by atoms with E-state index in [1.807, 2.05) is 30.0 Å². The first-order valence-corrected chi connectivity index (χ1v) is 8.08. The number of rotatable bonds is 2. The second-order valence-corrected chi connectivity index (χ2v) is 7.49. The first-order chi connectivity index (χ1) is 9.58. The molecule has 0 bridgehead atoms. The molecule has 0 saturated heterocycles. The van der Waals surface area contributed by atoms with Crippen LogP contribution in [0.2, 0.25) is 0 Å². The highest BCUT2D eigenvalue weighted by molar-refractivity contribution is 8.00. The molecule has 1 aromatic heterocycles. The van der Waals surface area contributed by atoms with E-state index in [4.69, 9.17) is 5.73 Å². The van der Waals surface area contributed by atoms with Crippen LogP contribution in [0, 0.1) is 5.41 Å². The second kappa shape index (κ2) is 5.34. The third kappa shape index (κ3) is 2.54. The Kier molecular flexibility index (Phi) is 3.69. The van der Waals surface area contributed by atoms with Crippen molar-refractivity contribution in [2.75, 3.05) is 0 Å². The molecule has 20 heavy (non-hydrogen) atoms. The monoisotopic (exact) mass is 287 g/mol. The molecule has 0 amide bonds. The number of nitrogens with zero attached hydrogens (tertiary/aromatic N) is 2. The van der Waals surface area contributed by atoms with Gasteiger partial charge in [0.15, 0.2) is 0 Å². The maximum atomic E-state index is 6.48. The molecule has 1 aliphatic rings. The van der Waals surface area contributed by atoms with Crippen molar-refractivity contribution in [2.45, 2.75) is 49.4 Å². The highest BCUT2D eigenvalue weighted by Crippen LogP contribution is 2.42. The summed E-state index contributed by atoms with van der Waals surface area (Å²) in [5.74, 6) is 0. The normalized spacial score (nSPS) is 25.8. The summed E-state index contributed by atoms with van der Waals surface area (Å²) in [6.45, 7) is 4.56. The topological polar surface area (TPSA) is 51.8 Å². The van der Waals surface area contributed by atoms with Gasteiger partial charge in [0.2, 0.25) is 0 Å². The third-order valence-electron chi connectivity index (χ3n) is 4.38. The van der Waals surface area contributed by atoms with Gasteiger partial charge in [0.05, 0.1) is 5.52 Å².